The summed E-state index contributed by atoms with van der Waals surface area (Å²) in [5, 5.41) is 0. The topological polar surface area (TPSA) is 52.6 Å². The second-order valence-electron chi connectivity index (χ2n) is 4.85. The summed E-state index contributed by atoms with van der Waals surface area (Å²) in [4.78, 5) is 24.6. The molecular weight excluding hydrogens is 244 g/mol. The van der Waals surface area contributed by atoms with Crippen molar-refractivity contribution in [1.29, 1.82) is 0 Å². The first-order valence-corrected chi connectivity index (χ1v) is 6.87. The smallest absolute Gasteiger partial charge is 0.324 e. The van der Waals surface area contributed by atoms with Crippen LogP contribution in [0.25, 0.3) is 0 Å². The third kappa shape index (κ3) is 4.08. The van der Waals surface area contributed by atoms with Crippen molar-refractivity contribution in [2.75, 3.05) is 13.2 Å². The number of hydrogen-bond acceptors (Lipinski definition) is 4. The molecule has 0 aliphatic heterocycles. The Morgan fingerprint density at radius 3 is 1.74 bits per heavy atom. The third-order valence-corrected chi connectivity index (χ3v) is 3.29. The number of carbonyl (C=O) groups excluding carboxylic acids is 2. The van der Waals surface area contributed by atoms with E-state index < -0.39 is 17.4 Å². The summed E-state index contributed by atoms with van der Waals surface area (Å²) in [5.74, 6) is -1.25. The molecule has 110 valence electrons. The van der Waals surface area contributed by atoms with Crippen LogP contribution in [-0.2, 0) is 19.1 Å². The molecule has 0 aromatic rings. The summed E-state index contributed by atoms with van der Waals surface area (Å²) < 4.78 is 10.2. The normalized spacial score (nSPS) is 11.3. The standard InChI is InChI=1S/C15H26O4/c1-7-12(6)10-15(11(4)5,13(16)18-8-2)14(17)19-9-3/h11H,6-10H2,1-5H3. The molecule has 0 aliphatic rings. The van der Waals surface area contributed by atoms with E-state index in [0.29, 0.717) is 6.42 Å². The van der Waals surface area contributed by atoms with Crippen molar-refractivity contribution < 1.29 is 19.1 Å². The molecule has 0 heterocycles. The predicted molar refractivity (Wildman–Crippen MR) is 74.6 cm³/mol. The van der Waals surface area contributed by atoms with Crippen LogP contribution in [0.2, 0.25) is 0 Å². The van der Waals surface area contributed by atoms with Crippen molar-refractivity contribution in [3.8, 4) is 0 Å². The Bertz CT molecular complexity index is 313. The van der Waals surface area contributed by atoms with E-state index in [2.05, 4.69) is 6.58 Å². The second kappa shape index (κ2) is 7.97. The summed E-state index contributed by atoms with van der Waals surface area (Å²) >= 11 is 0. The minimum atomic E-state index is -1.28. The molecule has 4 heteroatoms. The molecule has 0 unspecified atom stereocenters. The summed E-state index contributed by atoms with van der Waals surface area (Å²) in [6, 6.07) is 0. The molecule has 0 spiro atoms. The highest BCUT2D eigenvalue weighted by Crippen LogP contribution is 2.38. The zero-order valence-corrected chi connectivity index (χ0v) is 12.7. The molecule has 0 amide bonds. The lowest BCUT2D eigenvalue weighted by Crippen LogP contribution is -2.46. The van der Waals surface area contributed by atoms with E-state index in [-0.39, 0.29) is 25.6 Å². The van der Waals surface area contributed by atoms with E-state index in [0.717, 1.165) is 5.57 Å². The van der Waals surface area contributed by atoms with Gasteiger partial charge in [-0.05, 0) is 32.6 Å². The zero-order valence-electron chi connectivity index (χ0n) is 12.7. The Kier molecular flexibility index (Phi) is 7.42. The maximum absolute atomic E-state index is 12.3. The lowest BCUT2D eigenvalue weighted by Gasteiger charge is -2.33. The van der Waals surface area contributed by atoms with Gasteiger partial charge in [-0.25, -0.2) is 0 Å². The van der Waals surface area contributed by atoms with Gasteiger partial charge in [-0.3, -0.25) is 9.59 Å². The Labute approximate surface area is 116 Å². The van der Waals surface area contributed by atoms with Crippen molar-refractivity contribution in [3.63, 3.8) is 0 Å². The van der Waals surface area contributed by atoms with Crippen LogP contribution in [-0.4, -0.2) is 25.2 Å². The van der Waals surface area contributed by atoms with Crippen LogP contribution in [0.5, 0.6) is 0 Å². The van der Waals surface area contributed by atoms with E-state index in [1.807, 2.05) is 20.8 Å². The molecule has 0 fully saturated rings. The summed E-state index contributed by atoms with van der Waals surface area (Å²) in [7, 11) is 0. The molecule has 0 saturated heterocycles. The van der Waals surface area contributed by atoms with E-state index >= 15 is 0 Å². The van der Waals surface area contributed by atoms with Crippen molar-refractivity contribution >= 4 is 11.9 Å². The van der Waals surface area contributed by atoms with Crippen LogP contribution >= 0.6 is 0 Å². The van der Waals surface area contributed by atoms with Crippen LogP contribution in [0.15, 0.2) is 12.2 Å². The maximum atomic E-state index is 12.3. The van der Waals surface area contributed by atoms with Gasteiger partial charge in [-0.2, -0.15) is 0 Å². The average Bonchev–Trinajstić information content (AvgIpc) is 2.35. The molecule has 0 atom stereocenters. The van der Waals surface area contributed by atoms with Gasteiger partial charge in [0.2, 0.25) is 0 Å². The molecule has 0 rings (SSSR count). The largest absolute Gasteiger partial charge is 0.465 e. The molecule has 0 aliphatic carbocycles. The van der Waals surface area contributed by atoms with Gasteiger partial charge < -0.3 is 9.47 Å². The van der Waals surface area contributed by atoms with E-state index in [4.69, 9.17) is 9.47 Å². The van der Waals surface area contributed by atoms with E-state index in [1.54, 1.807) is 13.8 Å². The first-order chi connectivity index (χ1) is 8.86. The summed E-state index contributed by atoms with van der Waals surface area (Å²) in [5.41, 5.74) is -0.436. The molecule has 4 nitrogen and oxygen atoms in total. The highest BCUT2D eigenvalue weighted by Gasteiger charge is 2.51. The molecule has 19 heavy (non-hydrogen) atoms. The lowest BCUT2D eigenvalue weighted by atomic mass is 9.72. The predicted octanol–water partition coefficient (Wildman–Crippen LogP) is 3.11. The quantitative estimate of drug-likeness (QED) is 0.386. The van der Waals surface area contributed by atoms with Crippen LogP contribution < -0.4 is 0 Å². The third-order valence-electron chi connectivity index (χ3n) is 3.29. The number of esters is 2. The highest BCUT2D eigenvalue weighted by molar-refractivity contribution is 6.00. The van der Waals surface area contributed by atoms with Gasteiger partial charge >= 0.3 is 11.9 Å². The zero-order chi connectivity index (χ0) is 15.1. The van der Waals surface area contributed by atoms with E-state index in [1.165, 1.54) is 0 Å². The van der Waals surface area contributed by atoms with Crippen LogP contribution in [0.4, 0.5) is 0 Å². The van der Waals surface area contributed by atoms with Crippen LogP contribution in [0.3, 0.4) is 0 Å². The Balaban J connectivity index is 5.53. The molecular formula is C15H26O4. The van der Waals surface area contributed by atoms with Crippen LogP contribution in [0, 0.1) is 11.3 Å². The number of rotatable bonds is 8. The summed E-state index contributed by atoms with van der Waals surface area (Å²) in [6.45, 7) is 13.5. The first-order valence-electron chi connectivity index (χ1n) is 6.87. The summed E-state index contributed by atoms with van der Waals surface area (Å²) in [6.07, 6.45) is 0.992. The minimum Gasteiger partial charge on any atom is -0.465 e. The van der Waals surface area contributed by atoms with E-state index in [9.17, 15) is 9.59 Å². The molecule has 0 aromatic heterocycles. The number of carbonyl (C=O) groups is 2. The van der Waals surface area contributed by atoms with Gasteiger partial charge in [0.1, 0.15) is 0 Å². The van der Waals surface area contributed by atoms with Gasteiger partial charge in [-0.1, -0.05) is 32.9 Å². The number of allylic oxidation sites excluding steroid dienone is 1. The number of hydrogen-bond donors (Lipinski definition) is 0. The Morgan fingerprint density at radius 1 is 1.05 bits per heavy atom. The molecule has 0 aromatic carbocycles. The monoisotopic (exact) mass is 270 g/mol. The van der Waals surface area contributed by atoms with Gasteiger partial charge in [0, 0.05) is 0 Å². The fourth-order valence-corrected chi connectivity index (χ4v) is 1.94. The molecule has 0 radical (unpaired) electrons. The fourth-order valence-electron chi connectivity index (χ4n) is 1.94. The van der Waals surface area contributed by atoms with Crippen molar-refractivity contribution in [3.05, 3.63) is 12.2 Å². The Morgan fingerprint density at radius 2 is 1.47 bits per heavy atom. The van der Waals surface area contributed by atoms with Gasteiger partial charge in [-0.15, -0.1) is 0 Å². The van der Waals surface area contributed by atoms with Crippen molar-refractivity contribution in [2.45, 2.75) is 47.5 Å². The first kappa shape index (κ1) is 17.7. The SMILES string of the molecule is C=C(CC)CC(C(=O)OCC)(C(=O)OCC)C(C)C. The molecule has 0 N–H and O–H groups in total. The van der Waals surface area contributed by atoms with Gasteiger partial charge in [0.15, 0.2) is 5.41 Å². The highest BCUT2D eigenvalue weighted by atomic mass is 16.6. The fraction of sp³-hybridized carbons (Fsp3) is 0.733. The van der Waals surface area contributed by atoms with Crippen LogP contribution in [0.1, 0.15) is 47.5 Å². The second-order valence-corrected chi connectivity index (χ2v) is 4.85. The lowest BCUT2D eigenvalue weighted by molar-refractivity contribution is -0.176. The van der Waals surface area contributed by atoms with Crippen molar-refractivity contribution in [1.82, 2.24) is 0 Å². The average molecular weight is 270 g/mol. The molecule has 0 saturated carbocycles. The number of ether oxygens (including phenoxy) is 2. The Hall–Kier alpha value is -1.32. The molecule has 0 bridgehead atoms. The van der Waals surface area contributed by atoms with Gasteiger partial charge in [0.05, 0.1) is 13.2 Å². The maximum Gasteiger partial charge on any atom is 0.324 e. The van der Waals surface area contributed by atoms with Crippen molar-refractivity contribution in [2.24, 2.45) is 11.3 Å². The van der Waals surface area contributed by atoms with Gasteiger partial charge in [0.25, 0.3) is 0 Å². The minimum absolute atomic E-state index is 0.214.